The normalized spacial score (nSPS) is 20.4. The van der Waals surface area contributed by atoms with Gasteiger partial charge < -0.3 is 9.88 Å². The third-order valence-electron chi connectivity index (χ3n) is 3.30. The van der Waals surface area contributed by atoms with Gasteiger partial charge in [0.05, 0.1) is 0 Å². The van der Waals surface area contributed by atoms with Crippen LogP contribution in [0.25, 0.3) is 0 Å². The van der Waals surface area contributed by atoms with Crippen LogP contribution in [0.1, 0.15) is 37.1 Å². The predicted octanol–water partition coefficient (Wildman–Crippen LogP) is 1.41. The van der Waals surface area contributed by atoms with Crippen LogP contribution in [0.2, 0.25) is 0 Å². The molecule has 1 aromatic heterocycles. The number of hydrogen-bond acceptors (Lipinski definition) is 2. The summed E-state index contributed by atoms with van der Waals surface area (Å²) in [6, 6.07) is 3.25. The summed E-state index contributed by atoms with van der Waals surface area (Å²) in [7, 11) is 0. The van der Waals surface area contributed by atoms with E-state index in [1.54, 1.807) is 19.1 Å². The molecule has 2 heterocycles. The molecule has 0 spiro atoms. The van der Waals surface area contributed by atoms with E-state index in [1.165, 1.54) is 0 Å². The van der Waals surface area contributed by atoms with Gasteiger partial charge in [0, 0.05) is 49.5 Å². The fraction of sp³-hybridized carbons (Fsp3) is 0.538. The summed E-state index contributed by atoms with van der Waals surface area (Å²) in [4.78, 5) is 27.9. The molecule has 1 aliphatic heterocycles. The first-order valence-electron chi connectivity index (χ1n) is 6.02. The lowest BCUT2D eigenvalue weighted by molar-refractivity contribution is -0.130. The van der Waals surface area contributed by atoms with Crippen LogP contribution in [0, 0.1) is 6.92 Å². The lowest BCUT2D eigenvalue weighted by Gasteiger charge is -2.32. The van der Waals surface area contributed by atoms with Crippen LogP contribution in [0.5, 0.6) is 0 Å². The Morgan fingerprint density at radius 3 is 2.88 bits per heavy atom. The van der Waals surface area contributed by atoms with E-state index in [0.29, 0.717) is 6.54 Å². The molecule has 2 rings (SSSR count). The minimum Gasteiger partial charge on any atom is -0.362 e. The van der Waals surface area contributed by atoms with Crippen LogP contribution in [0.4, 0.5) is 0 Å². The van der Waals surface area contributed by atoms with E-state index in [1.807, 2.05) is 11.8 Å². The topological polar surface area (TPSA) is 53.2 Å². The SMILES string of the molecule is CC(=O)N1CCCC(c2cc(=O)cc(C)[nH]2)C1. The molecule has 1 aromatic rings. The zero-order valence-electron chi connectivity index (χ0n) is 10.3. The number of amides is 1. The average Bonchev–Trinajstić information content (AvgIpc) is 2.28. The van der Waals surface area contributed by atoms with E-state index in [-0.39, 0.29) is 17.3 Å². The molecule has 0 aliphatic carbocycles. The van der Waals surface area contributed by atoms with Crippen molar-refractivity contribution in [2.24, 2.45) is 0 Å². The zero-order chi connectivity index (χ0) is 12.4. The van der Waals surface area contributed by atoms with Crippen LogP contribution >= 0.6 is 0 Å². The van der Waals surface area contributed by atoms with E-state index < -0.39 is 0 Å². The number of aryl methyl sites for hydroxylation is 1. The molecule has 4 nitrogen and oxygen atoms in total. The number of aromatic amines is 1. The van der Waals surface area contributed by atoms with Crippen LogP contribution < -0.4 is 5.43 Å². The Labute approximate surface area is 101 Å². The average molecular weight is 234 g/mol. The first-order valence-corrected chi connectivity index (χ1v) is 6.02. The fourth-order valence-corrected chi connectivity index (χ4v) is 2.45. The number of rotatable bonds is 1. The van der Waals surface area contributed by atoms with Gasteiger partial charge in [-0.2, -0.15) is 0 Å². The second-order valence-electron chi connectivity index (χ2n) is 4.76. The highest BCUT2D eigenvalue weighted by molar-refractivity contribution is 5.73. The van der Waals surface area contributed by atoms with Crippen molar-refractivity contribution in [1.29, 1.82) is 0 Å². The number of piperidine rings is 1. The maximum atomic E-state index is 11.5. The monoisotopic (exact) mass is 234 g/mol. The molecule has 1 atom stereocenters. The van der Waals surface area contributed by atoms with Gasteiger partial charge in [-0.05, 0) is 19.8 Å². The molecule has 0 bridgehead atoms. The molecule has 1 N–H and O–H groups in total. The van der Waals surface area contributed by atoms with Crippen molar-refractivity contribution < 1.29 is 4.79 Å². The highest BCUT2D eigenvalue weighted by Gasteiger charge is 2.23. The minimum atomic E-state index is 0.0381. The molecule has 1 fully saturated rings. The van der Waals surface area contributed by atoms with Crippen molar-refractivity contribution in [3.05, 3.63) is 33.7 Å². The number of carbonyl (C=O) groups excluding carboxylic acids is 1. The highest BCUT2D eigenvalue weighted by Crippen LogP contribution is 2.24. The van der Waals surface area contributed by atoms with Crippen molar-refractivity contribution >= 4 is 5.91 Å². The second kappa shape index (κ2) is 4.73. The van der Waals surface area contributed by atoms with Gasteiger partial charge in [0.15, 0.2) is 5.43 Å². The molecule has 1 aliphatic rings. The molecule has 4 heteroatoms. The lowest BCUT2D eigenvalue weighted by atomic mass is 9.94. The smallest absolute Gasteiger partial charge is 0.219 e. The van der Waals surface area contributed by atoms with E-state index in [4.69, 9.17) is 0 Å². The lowest BCUT2D eigenvalue weighted by Crippen LogP contribution is -2.38. The van der Waals surface area contributed by atoms with Gasteiger partial charge >= 0.3 is 0 Å². The molecular formula is C13H18N2O2. The number of nitrogens with one attached hydrogen (secondary N) is 1. The summed E-state index contributed by atoms with van der Waals surface area (Å²) in [5.41, 5.74) is 1.88. The molecule has 17 heavy (non-hydrogen) atoms. The molecule has 0 radical (unpaired) electrons. The number of hydrogen-bond donors (Lipinski definition) is 1. The number of nitrogens with zero attached hydrogens (tertiary/aromatic N) is 1. The predicted molar refractivity (Wildman–Crippen MR) is 66.0 cm³/mol. The first-order chi connectivity index (χ1) is 8.06. The Hall–Kier alpha value is -1.58. The maximum Gasteiger partial charge on any atom is 0.219 e. The van der Waals surface area contributed by atoms with E-state index in [9.17, 15) is 9.59 Å². The van der Waals surface area contributed by atoms with Gasteiger partial charge in [-0.3, -0.25) is 9.59 Å². The maximum absolute atomic E-state index is 11.5. The van der Waals surface area contributed by atoms with Crippen LogP contribution in [0.15, 0.2) is 16.9 Å². The Kier molecular flexibility index (Phi) is 3.31. The molecule has 0 saturated carbocycles. The highest BCUT2D eigenvalue weighted by atomic mass is 16.2. The molecular weight excluding hydrogens is 216 g/mol. The fourth-order valence-electron chi connectivity index (χ4n) is 2.45. The van der Waals surface area contributed by atoms with E-state index in [2.05, 4.69) is 4.98 Å². The number of carbonyl (C=O) groups is 1. The van der Waals surface area contributed by atoms with Crippen LogP contribution in [-0.2, 0) is 4.79 Å². The molecule has 1 saturated heterocycles. The number of aromatic nitrogens is 1. The van der Waals surface area contributed by atoms with Crippen molar-refractivity contribution in [3.63, 3.8) is 0 Å². The van der Waals surface area contributed by atoms with Crippen LogP contribution in [0.3, 0.4) is 0 Å². The summed E-state index contributed by atoms with van der Waals surface area (Å²) >= 11 is 0. The Morgan fingerprint density at radius 1 is 1.47 bits per heavy atom. The Balaban J connectivity index is 2.21. The van der Waals surface area contributed by atoms with Gasteiger partial charge in [0.1, 0.15) is 0 Å². The Bertz CT molecular complexity index is 479. The summed E-state index contributed by atoms with van der Waals surface area (Å²) < 4.78 is 0. The first kappa shape index (κ1) is 11.9. The molecule has 92 valence electrons. The van der Waals surface area contributed by atoms with Crippen molar-refractivity contribution in [1.82, 2.24) is 9.88 Å². The summed E-state index contributed by atoms with van der Waals surface area (Å²) in [5, 5.41) is 0. The third-order valence-corrected chi connectivity index (χ3v) is 3.30. The zero-order valence-corrected chi connectivity index (χ0v) is 10.3. The molecule has 1 unspecified atom stereocenters. The van der Waals surface area contributed by atoms with Gasteiger partial charge in [-0.15, -0.1) is 0 Å². The quantitative estimate of drug-likeness (QED) is 0.798. The van der Waals surface area contributed by atoms with Crippen molar-refractivity contribution in [2.75, 3.05) is 13.1 Å². The molecule has 1 amide bonds. The summed E-state index contributed by atoms with van der Waals surface area (Å²) in [6.45, 7) is 5.04. The number of H-pyrrole nitrogens is 1. The summed E-state index contributed by atoms with van der Waals surface area (Å²) in [5.74, 6) is 0.380. The Morgan fingerprint density at radius 2 is 2.24 bits per heavy atom. The van der Waals surface area contributed by atoms with Gasteiger partial charge in [-0.25, -0.2) is 0 Å². The third kappa shape index (κ3) is 2.75. The number of likely N-dealkylation sites (tertiary alicyclic amines) is 1. The largest absolute Gasteiger partial charge is 0.362 e. The van der Waals surface area contributed by atoms with Crippen LogP contribution in [-0.4, -0.2) is 28.9 Å². The minimum absolute atomic E-state index is 0.0381. The van der Waals surface area contributed by atoms with E-state index in [0.717, 1.165) is 30.8 Å². The van der Waals surface area contributed by atoms with Gasteiger partial charge in [-0.1, -0.05) is 0 Å². The second-order valence-corrected chi connectivity index (χ2v) is 4.76. The van der Waals surface area contributed by atoms with Gasteiger partial charge in [0.2, 0.25) is 5.91 Å². The van der Waals surface area contributed by atoms with Crippen molar-refractivity contribution in [3.8, 4) is 0 Å². The van der Waals surface area contributed by atoms with Crippen molar-refractivity contribution in [2.45, 2.75) is 32.6 Å². The summed E-state index contributed by atoms with van der Waals surface area (Å²) in [6.07, 6.45) is 2.03. The number of pyridine rings is 1. The standard InChI is InChI=1S/C13H18N2O2/c1-9-6-12(17)7-13(14-9)11-4-3-5-15(8-11)10(2)16/h6-7,11H,3-5,8H2,1-2H3,(H,14,17). The van der Waals surface area contributed by atoms with E-state index >= 15 is 0 Å². The van der Waals surface area contributed by atoms with Gasteiger partial charge in [0.25, 0.3) is 0 Å². The molecule has 0 aromatic carbocycles.